The Labute approximate surface area is 227 Å². The van der Waals surface area contributed by atoms with Crippen LogP contribution in [-0.2, 0) is 19.1 Å². The molecular weight excluding hydrogens is 504 g/mol. The van der Waals surface area contributed by atoms with Crippen LogP contribution in [0.25, 0.3) is 0 Å². The van der Waals surface area contributed by atoms with Crippen molar-refractivity contribution in [2.75, 3.05) is 40.4 Å². The van der Waals surface area contributed by atoms with E-state index in [9.17, 15) is 24.0 Å². The number of carbonyl (C=O) groups excluding carboxylic acids is 5. The molecule has 6 fully saturated rings. The van der Waals surface area contributed by atoms with Gasteiger partial charge in [0, 0.05) is 39.1 Å². The van der Waals surface area contributed by atoms with E-state index in [2.05, 4.69) is 5.32 Å². The molecule has 0 atom stereocenters. The van der Waals surface area contributed by atoms with Crippen LogP contribution < -0.4 is 11.1 Å². The molecule has 3 saturated heterocycles. The number of ether oxygens (including phenoxy) is 1. The predicted molar refractivity (Wildman–Crippen MR) is 137 cm³/mol. The van der Waals surface area contributed by atoms with E-state index in [0.29, 0.717) is 52.0 Å². The molecule has 0 aromatic rings. The Bertz CT molecular complexity index is 1140. The first kappa shape index (κ1) is 26.1. The van der Waals surface area contributed by atoms with Crippen LogP contribution in [0.3, 0.4) is 0 Å². The van der Waals surface area contributed by atoms with Gasteiger partial charge in [-0.15, -0.1) is 0 Å². The Morgan fingerprint density at radius 2 is 1.62 bits per heavy atom. The van der Waals surface area contributed by atoms with Crippen molar-refractivity contribution in [2.24, 2.45) is 23.0 Å². The van der Waals surface area contributed by atoms with Gasteiger partial charge in [0.15, 0.2) is 0 Å². The van der Waals surface area contributed by atoms with Gasteiger partial charge in [0.25, 0.3) is 17.7 Å². The first-order valence-electron chi connectivity index (χ1n) is 14.2. The summed E-state index contributed by atoms with van der Waals surface area (Å²) in [5, 5.41) is 2.71. The zero-order valence-electron chi connectivity index (χ0n) is 22.7. The summed E-state index contributed by atoms with van der Waals surface area (Å²) in [5.41, 5.74) is 4.95. The molecule has 2 spiro atoms. The van der Waals surface area contributed by atoms with Crippen molar-refractivity contribution in [3.05, 3.63) is 11.4 Å². The number of nitrogens with zero attached hydrogens (tertiary/aromatic N) is 4. The lowest BCUT2D eigenvalue weighted by Crippen LogP contribution is -2.66. The van der Waals surface area contributed by atoms with Crippen molar-refractivity contribution in [1.29, 1.82) is 0 Å². The number of amides is 7. The maximum absolute atomic E-state index is 13.5. The Morgan fingerprint density at radius 3 is 2.15 bits per heavy atom. The minimum absolute atomic E-state index is 0.0280. The standard InChI is InChI=1S/C27H38N6O6/c1-29-20(28)19-21(34)31(10-16-4-3-5-16)25(38)33(22(19)35)18-6-8-26(9-7-18)14-27(15-26)23(36)30(2)24(37)32(27)11-17-12-39-13-17/h16-18,29H,3-15,28H2,1-2H3/b20-19+. The molecule has 3 aliphatic heterocycles. The fourth-order valence-electron chi connectivity index (χ4n) is 7.56. The van der Waals surface area contributed by atoms with Crippen molar-refractivity contribution >= 4 is 29.8 Å². The Morgan fingerprint density at radius 1 is 0.949 bits per heavy atom. The normalized spacial score (nSPS) is 35.1. The highest BCUT2D eigenvalue weighted by Gasteiger charge is 2.68. The first-order valence-corrected chi connectivity index (χ1v) is 14.2. The number of hydrogen-bond donors (Lipinski definition) is 2. The summed E-state index contributed by atoms with van der Waals surface area (Å²) in [5.74, 6) is -0.917. The molecule has 0 aromatic carbocycles. The zero-order chi connectivity index (χ0) is 27.7. The number of nitrogens with one attached hydrogen (secondary N) is 1. The van der Waals surface area contributed by atoms with Crippen LogP contribution in [0.5, 0.6) is 0 Å². The number of hydrogen-bond acceptors (Lipinski definition) is 8. The van der Waals surface area contributed by atoms with Gasteiger partial charge in [0.05, 0.1) is 13.2 Å². The Balaban J connectivity index is 1.17. The van der Waals surface area contributed by atoms with Gasteiger partial charge in [0.2, 0.25) is 0 Å². The average molecular weight is 543 g/mol. The minimum atomic E-state index is -0.797. The molecule has 12 heteroatoms. The van der Waals surface area contributed by atoms with Gasteiger partial charge < -0.3 is 20.7 Å². The van der Waals surface area contributed by atoms with Crippen molar-refractivity contribution in [1.82, 2.24) is 24.9 Å². The molecule has 0 unspecified atom stereocenters. The molecule has 3 N–H and O–H groups in total. The van der Waals surface area contributed by atoms with Crippen molar-refractivity contribution in [3.63, 3.8) is 0 Å². The highest BCUT2D eigenvalue weighted by Crippen LogP contribution is 2.61. The topological polar surface area (TPSA) is 146 Å². The molecule has 12 nitrogen and oxygen atoms in total. The lowest BCUT2D eigenvalue weighted by Gasteiger charge is -2.59. The van der Waals surface area contributed by atoms with E-state index in [1.807, 2.05) is 0 Å². The maximum Gasteiger partial charge on any atom is 0.334 e. The number of rotatable bonds is 6. The summed E-state index contributed by atoms with van der Waals surface area (Å²) >= 11 is 0. The van der Waals surface area contributed by atoms with Crippen LogP contribution in [0.15, 0.2) is 11.4 Å². The minimum Gasteiger partial charge on any atom is -0.385 e. The van der Waals surface area contributed by atoms with E-state index in [1.54, 1.807) is 19.0 Å². The van der Waals surface area contributed by atoms with Crippen molar-refractivity contribution < 1.29 is 28.7 Å². The fourth-order valence-corrected chi connectivity index (χ4v) is 7.56. The second-order valence-electron chi connectivity index (χ2n) is 12.5. The third kappa shape index (κ3) is 3.85. The predicted octanol–water partition coefficient (Wildman–Crippen LogP) is 0.969. The largest absolute Gasteiger partial charge is 0.385 e. The fraction of sp³-hybridized carbons (Fsp3) is 0.741. The number of nitrogens with two attached hydrogens (primary N) is 1. The van der Waals surface area contributed by atoms with Gasteiger partial charge in [0.1, 0.15) is 16.9 Å². The lowest BCUT2D eigenvalue weighted by atomic mass is 9.51. The van der Waals surface area contributed by atoms with Crippen molar-refractivity contribution in [3.8, 4) is 0 Å². The molecule has 0 aromatic heterocycles. The molecule has 6 rings (SSSR count). The van der Waals surface area contributed by atoms with Gasteiger partial charge in [-0.3, -0.25) is 29.1 Å². The molecule has 0 bridgehead atoms. The van der Waals surface area contributed by atoms with Crippen LogP contribution in [0.4, 0.5) is 9.59 Å². The maximum atomic E-state index is 13.5. The molecule has 6 aliphatic rings. The third-order valence-electron chi connectivity index (χ3n) is 10.1. The summed E-state index contributed by atoms with van der Waals surface area (Å²) in [6.07, 6.45) is 6.83. The molecule has 39 heavy (non-hydrogen) atoms. The highest BCUT2D eigenvalue weighted by molar-refractivity contribution is 6.29. The zero-order valence-corrected chi connectivity index (χ0v) is 22.7. The number of urea groups is 2. The Kier molecular flexibility index (Phi) is 6.16. The second kappa shape index (κ2) is 9.21. The summed E-state index contributed by atoms with van der Waals surface area (Å²) in [6.45, 7) is 2.04. The van der Waals surface area contributed by atoms with Gasteiger partial charge in [-0.2, -0.15) is 0 Å². The van der Waals surface area contributed by atoms with Crippen LogP contribution in [0, 0.1) is 17.3 Å². The van der Waals surface area contributed by atoms with E-state index in [4.69, 9.17) is 10.5 Å². The molecular formula is C27H38N6O6. The Hall–Kier alpha value is -3.15. The smallest absolute Gasteiger partial charge is 0.334 e. The van der Waals surface area contributed by atoms with Gasteiger partial charge in [-0.05, 0) is 62.7 Å². The summed E-state index contributed by atoms with van der Waals surface area (Å²) in [6, 6.07) is -1.14. The molecule has 3 saturated carbocycles. The summed E-state index contributed by atoms with van der Waals surface area (Å²) in [7, 11) is 3.10. The lowest BCUT2D eigenvalue weighted by molar-refractivity contribution is -0.153. The average Bonchev–Trinajstić information content (AvgIpc) is 3.01. The van der Waals surface area contributed by atoms with Crippen molar-refractivity contribution in [2.45, 2.75) is 69.4 Å². The van der Waals surface area contributed by atoms with Gasteiger partial charge >= 0.3 is 12.1 Å². The highest BCUT2D eigenvalue weighted by atomic mass is 16.5. The molecule has 7 amide bonds. The first-order chi connectivity index (χ1) is 18.6. The van der Waals surface area contributed by atoms with Gasteiger partial charge in [-0.1, -0.05) is 6.42 Å². The van der Waals surface area contributed by atoms with Crippen LogP contribution in [0.1, 0.15) is 57.8 Å². The second-order valence-corrected chi connectivity index (χ2v) is 12.5. The summed E-state index contributed by atoms with van der Waals surface area (Å²) < 4.78 is 5.29. The van der Waals surface area contributed by atoms with E-state index in [0.717, 1.165) is 32.1 Å². The number of barbiturate groups is 1. The number of carbonyl (C=O) groups is 5. The van der Waals surface area contributed by atoms with Crippen LogP contribution >= 0.6 is 0 Å². The quantitative estimate of drug-likeness (QED) is 0.287. The molecule has 0 radical (unpaired) electrons. The van der Waals surface area contributed by atoms with E-state index in [1.165, 1.54) is 14.7 Å². The van der Waals surface area contributed by atoms with E-state index >= 15 is 0 Å². The van der Waals surface area contributed by atoms with Crippen LogP contribution in [-0.4, -0.2) is 101 Å². The molecule has 212 valence electrons. The van der Waals surface area contributed by atoms with E-state index in [-0.39, 0.29) is 46.6 Å². The molecule has 3 heterocycles. The van der Waals surface area contributed by atoms with Crippen LogP contribution in [0.2, 0.25) is 0 Å². The summed E-state index contributed by atoms with van der Waals surface area (Å²) in [4.78, 5) is 71.8. The third-order valence-corrected chi connectivity index (χ3v) is 10.1. The van der Waals surface area contributed by atoms with Gasteiger partial charge in [-0.25, -0.2) is 9.59 Å². The number of likely N-dealkylation sites (N-methyl/N-ethyl adjacent to an activating group) is 1. The SMILES string of the molecule is CN/C(N)=C1\C(=O)N(CC2CCC2)C(=O)N(C2CCC3(CC2)CC2(C3)C(=O)N(C)C(=O)N2CC2COC2)C1=O. The van der Waals surface area contributed by atoms with E-state index < -0.39 is 23.4 Å². The number of imide groups is 3. The molecule has 3 aliphatic carbocycles. The monoisotopic (exact) mass is 542 g/mol.